The van der Waals surface area contributed by atoms with Crippen LogP contribution in [0.3, 0.4) is 0 Å². The van der Waals surface area contributed by atoms with Gasteiger partial charge in [-0.25, -0.2) is 9.97 Å². The maximum atomic E-state index is 12.3. The van der Waals surface area contributed by atoms with E-state index in [1.54, 1.807) is 0 Å². The third kappa shape index (κ3) is 4.89. The zero-order valence-electron chi connectivity index (χ0n) is 14.9. The number of likely N-dealkylation sites (N-methyl/N-ethyl adjacent to an activating group) is 1. The lowest BCUT2D eigenvalue weighted by Gasteiger charge is -2.25. The summed E-state index contributed by atoms with van der Waals surface area (Å²) >= 11 is 0. The van der Waals surface area contributed by atoms with Gasteiger partial charge in [-0.1, -0.05) is 0 Å². The molecule has 1 aromatic rings. The van der Waals surface area contributed by atoms with Crippen LogP contribution in [0.4, 0.5) is 5.95 Å². The number of carbonyl (C=O) groups excluding carboxylic acids is 1. The van der Waals surface area contributed by atoms with Gasteiger partial charge >= 0.3 is 0 Å². The minimum absolute atomic E-state index is 0.228. The van der Waals surface area contributed by atoms with E-state index in [1.807, 2.05) is 38.7 Å². The van der Waals surface area contributed by atoms with Crippen LogP contribution in [-0.4, -0.2) is 71.5 Å². The number of carbonyl (C=O) groups is 1. The zero-order chi connectivity index (χ0) is 16.8. The number of amides is 1. The largest absolute Gasteiger partial charge is 0.342 e. The first-order chi connectivity index (χ1) is 11.0. The molecule has 0 aromatic carbocycles. The van der Waals surface area contributed by atoms with Gasteiger partial charge in [-0.15, -0.1) is 0 Å². The second-order valence-electron chi connectivity index (χ2n) is 6.13. The molecule has 0 saturated carbocycles. The van der Waals surface area contributed by atoms with Crippen molar-refractivity contribution in [3.63, 3.8) is 0 Å². The molecule has 1 saturated heterocycles. The standard InChI is InChI=1S/C17H29N5O/c1-5-21(6-2)16(23)13-20-8-7-9-22(11-10-20)17-18-14(3)12-15(4)19-17/h12H,5-11,13H2,1-4H3. The highest BCUT2D eigenvalue weighted by Crippen LogP contribution is 2.13. The summed E-state index contributed by atoms with van der Waals surface area (Å²) < 4.78 is 0. The molecule has 0 spiro atoms. The van der Waals surface area contributed by atoms with Crippen LogP contribution in [0.5, 0.6) is 0 Å². The van der Waals surface area contributed by atoms with Crippen molar-refractivity contribution >= 4 is 11.9 Å². The summed E-state index contributed by atoms with van der Waals surface area (Å²) in [6.07, 6.45) is 1.03. The topological polar surface area (TPSA) is 52.6 Å². The molecule has 1 aliphatic rings. The van der Waals surface area contributed by atoms with Crippen molar-refractivity contribution < 1.29 is 4.79 Å². The molecule has 0 aliphatic carbocycles. The SMILES string of the molecule is CCN(CC)C(=O)CN1CCCN(c2nc(C)cc(C)n2)CC1. The maximum absolute atomic E-state index is 12.3. The van der Waals surface area contributed by atoms with Crippen molar-refractivity contribution in [2.45, 2.75) is 34.1 Å². The number of hydrogen-bond donors (Lipinski definition) is 0. The summed E-state index contributed by atoms with van der Waals surface area (Å²) in [6.45, 7) is 13.8. The van der Waals surface area contributed by atoms with Gasteiger partial charge in [0.15, 0.2) is 0 Å². The van der Waals surface area contributed by atoms with Crippen LogP contribution in [0.15, 0.2) is 6.07 Å². The molecule has 0 unspecified atom stereocenters. The van der Waals surface area contributed by atoms with E-state index in [-0.39, 0.29) is 5.91 Å². The fourth-order valence-electron chi connectivity index (χ4n) is 3.05. The third-order valence-corrected chi connectivity index (χ3v) is 4.32. The van der Waals surface area contributed by atoms with E-state index in [1.165, 1.54) is 0 Å². The van der Waals surface area contributed by atoms with E-state index in [2.05, 4.69) is 19.8 Å². The van der Waals surface area contributed by atoms with Crippen LogP contribution in [0.25, 0.3) is 0 Å². The van der Waals surface area contributed by atoms with Crippen molar-refractivity contribution in [2.24, 2.45) is 0 Å². The van der Waals surface area contributed by atoms with Crippen LogP contribution in [0.2, 0.25) is 0 Å². The average Bonchev–Trinajstić information content (AvgIpc) is 2.73. The van der Waals surface area contributed by atoms with Gasteiger partial charge in [0.05, 0.1) is 6.54 Å². The van der Waals surface area contributed by atoms with Gasteiger partial charge in [0.2, 0.25) is 11.9 Å². The molecule has 6 nitrogen and oxygen atoms in total. The third-order valence-electron chi connectivity index (χ3n) is 4.32. The van der Waals surface area contributed by atoms with Crippen molar-refractivity contribution in [1.82, 2.24) is 19.8 Å². The molecule has 0 radical (unpaired) electrons. The van der Waals surface area contributed by atoms with Crippen LogP contribution in [0, 0.1) is 13.8 Å². The smallest absolute Gasteiger partial charge is 0.236 e. The van der Waals surface area contributed by atoms with Gasteiger partial charge in [-0.2, -0.15) is 0 Å². The quantitative estimate of drug-likeness (QED) is 0.823. The highest BCUT2D eigenvalue weighted by Gasteiger charge is 2.20. The Labute approximate surface area is 139 Å². The Morgan fingerprint density at radius 2 is 1.74 bits per heavy atom. The first kappa shape index (κ1) is 17.7. The minimum Gasteiger partial charge on any atom is -0.342 e. The molecule has 0 atom stereocenters. The molecule has 0 bridgehead atoms. The van der Waals surface area contributed by atoms with Crippen LogP contribution < -0.4 is 4.90 Å². The molecular weight excluding hydrogens is 290 g/mol. The highest BCUT2D eigenvalue weighted by atomic mass is 16.2. The number of rotatable bonds is 5. The molecule has 128 valence electrons. The summed E-state index contributed by atoms with van der Waals surface area (Å²) in [5.74, 6) is 1.05. The maximum Gasteiger partial charge on any atom is 0.236 e. The van der Waals surface area contributed by atoms with E-state index in [0.717, 1.165) is 63.0 Å². The van der Waals surface area contributed by atoms with Gasteiger partial charge in [-0.05, 0) is 40.2 Å². The molecule has 1 amide bonds. The fraction of sp³-hybridized carbons (Fsp3) is 0.706. The summed E-state index contributed by atoms with van der Waals surface area (Å²) in [4.78, 5) is 27.8. The Morgan fingerprint density at radius 3 is 2.35 bits per heavy atom. The molecule has 1 aliphatic heterocycles. The Kier molecular flexibility index (Phi) is 6.33. The molecular formula is C17H29N5O. The monoisotopic (exact) mass is 319 g/mol. The number of anilines is 1. The number of hydrogen-bond acceptors (Lipinski definition) is 5. The predicted octanol–water partition coefficient (Wildman–Crippen LogP) is 1.47. The predicted molar refractivity (Wildman–Crippen MR) is 92.7 cm³/mol. The normalized spacial score (nSPS) is 16.3. The van der Waals surface area contributed by atoms with Gasteiger partial charge in [0.1, 0.15) is 0 Å². The first-order valence-electron chi connectivity index (χ1n) is 8.60. The van der Waals surface area contributed by atoms with E-state index in [0.29, 0.717) is 6.54 Å². The minimum atomic E-state index is 0.228. The highest BCUT2D eigenvalue weighted by molar-refractivity contribution is 5.78. The summed E-state index contributed by atoms with van der Waals surface area (Å²) in [5.41, 5.74) is 2.01. The fourth-order valence-corrected chi connectivity index (χ4v) is 3.05. The second-order valence-corrected chi connectivity index (χ2v) is 6.13. The van der Waals surface area contributed by atoms with E-state index < -0.39 is 0 Å². The second kappa shape index (κ2) is 8.24. The van der Waals surface area contributed by atoms with Crippen LogP contribution >= 0.6 is 0 Å². The molecule has 1 fully saturated rings. The molecule has 6 heteroatoms. The molecule has 1 aromatic heterocycles. The number of nitrogens with zero attached hydrogens (tertiary/aromatic N) is 5. The van der Waals surface area contributed by atoms with Gasteiger partial charge < -0.3 is 9.80 Å². The molecule has 23 heavy (non-hydrogen) atoms. The number of aryl methyl sites for hydroxylation is 2. The Hall–Kier alpha value is -1.69. The molecule has 2 rings (SSSR count). The summed E-state index contributed by atoms with van der Waals surface area (Å²) in [5, 5.41) is 0. The van der Waals surface area contributed by atoms with Crippen LogP contribution in [0.1, 0.15) is 31.7 Å². The molecule has 0 N–H and O–H groups in total. The van der Waals surface area contributed by atoms with Crippen molar-refractivity contribution in [1.29, 1.82) is 0 Å². The van der Waals surface area contributed by atoms with Crippen molar-refractivity contribution in [3.05, 3.63) is 17.5 Å². The lowest BCUT2D eigenvalue weighted by molar-refractivity contribution is -0.132. The van der Waals surface area contributed by atoms with Gasteiger partial charge in [0, 0.05) is 50.7 Å². The van der Waals surface area contributed by atoms with Gasteiger partial charge in [0.25, 0.3) is 0 Å². The van der Waals surface area contributed by atoms with Crippen molar-refractivity contribution in [3.8, 4) is 0 Å². The van der Waals surface area contributed by atoms with Crippen LogP contribution in [-0.2, 0) is 4.79 Å². The summed E-state index contributed by atoms with van der Waals surface area (Å²) in [7, 11) is 0. The van der Waals surface area contributed by atoms with E-state index >= 15 is 0 Å². The number of aromatic nitrogens is 2. The lowest BCUT2D eigenvalue weighted by atomic mass is 10.3. The van der Waals surface area contributed by atoms with Crippen molar-refractivity contribution in [2.75, 3.05) is 50.7 Å². The Bertz CT molecular complexity index is 509. The Balaban J connectivity index is 1.95. The average molecular weight is 319 g/mol. The lowest BCUT2D eigenvalue weighted by Crippen LogP contribution is -2.41. The van der Waals surface area contributed by atoms with E-state index in [4.69, 9.17) is 0 Å². The molecule has 2 heterocycles. The first-order valence-corrected chi connectivity index (χ1v) is 8.60. The summed E-state index contributed by atoms with van der Waals surface area (Å²) in [6, 6.07) is 2.00. The Morgan fingerprint density at radius 1 is 1.09 bits per heavy atom. The zero-order valence-corrected chi connectivity index (χ0v) is 14.9. The van der Waals surface area contributed by atoms with Gasteiger partial charge in [-0.3, -0.25) is 9.69 Å². The van der Waals surface area contributed by atoms with E-state index in [9.17, 15) is 4.79 Å².